The highest BCUT2D eigenvalue weighted by atomic mass is 35.5. The number of fused-ring (bicyclic) bond motifs is 1. The van der Waals surface area contributed by atoms with Gasteiger partial charge in [0, 0.05) is 6.92 Å². The third kappa shape index (κ3) is 1.40. The molecule has 2 rings (SSSR count). The Bertz CT molecular complexity index is 516. The maximum absolute atomic E-state index is 11.2. The van der Waals surface area contributed by atoms with Crippen LogP contribution in [0.15, 0.2) is 21.3 Å². The first-order valence-corrected chi connectivity index (χ1v) is 3.98. The van der Waals surface area contributed by atoms with Crippen LogP contribution in [0.3, 0.4) is 0 Å². The molecule has 0 aliphatic carbocycles. The summed E-state index contributed by atoms with van der Waals surface area (Å²) in [4.78, 5) is 19.0. The summed E-state index contributed by atoms with van der Waals surface area (Å²) in [6.45, 7) is 1.59. The number of aromatic nitrogens is 2. The molecule has 0 spiro atoms. The fourth-order valence-corrected chi connectivity index (χ4v) is 1.17. The van der Waals surface area contributed by atoms with Crippen LogP contribution in [0.2, 0.25) is 5.15 Å². The molecule has 13 heavy (non-hydrogen) atoms. The van der Waals surface area contributed by atoms with E-state index < -0.39 is 5.63 Å². The molecule has 0 aliphatic heterocycles. The zero-order valence-corrected chi connectivity index (χ0v) is 7.50. The van der Waals surface area contributed by atoms with Gasteiger partial charge >= 0.3 is 5.63 Å². The van der Waals surface area contributed by atoms with Gasteiger partial charge in [-0.1, -0.05) is 11.6 Å². The lowest BCUT2D eigenvalue weighted by molar-refractivity contribution is 0.466. The minimum Gasteiger partial charge on any atom is -0.408 e. The van der Waals surface area contributed by atoms with Gasteiger partial charge in [-0.2, -0.15) is 4.98 Å². The van der Waals surface area contributed by atoms with Gasteiger partial charge in [-0.05, 0) is 12.1 Å². The molecule has 0 fully saturated rings. The Labute approximate surface area is 78.2 Å². The van der Waals surface area contributed by atoms with Crippen LogP contribution in [0.1, 0.15) is 5.89 Å². The van der Waals surface area contributed by atoms with Crippen molar-refractivity contribution < 1.29 is 4.42 Å². The molecule has 0 radical (unpaired) electrons. The van der Waals surface area contributed by atoms with Gasteiger partial charge in [0.25, 0.3) is 0 Å². The van der Waals surface area contributed by atoms with Crippen molar-refractivity contribution in [2.75, 3.05) is 0 Å². The first kappa shape index (κ1) is 8.19. The summed E-state index contributed by atoms with van der Waals surface area (Å²) in [6, 6.07) is 3.07. The first-order chi connectivity index (χ1) is 6.16. The molecule has 0 unspecified atom stereocenters. The fourth-order valence-electron chi connectivity index (χ4n) is 1.03. The second-order valence-corrected chi connectivity index (χ2v) is 2.91. The largest absolute Gasteiger partial charge is 0.408 e. The second kappa shape index (κ2) is 2.81. The highest BCUT2D eigenvalue weighted by molar-refractivity contribution is 6.29. The van der Waals surface area contributed by atoms with E-state index in [1.807, 2.05) is 0 Å². The van der Waals surface area contributed by atoms with E-state index in [4.69, 9.17) is 16.0 Å². The van der Waals surface area contributed by atoms with Crippen LogP contribution in [0.25, 0.3) is 11.0 Å². The van der Waals surface area contributed by atoms with Crippen molar-refractivity contribution in [2.24, 2.45) is 0 Å². The molecule has 4 nitrogen and oxygen atoms in total. The minimum absolute atomic E-state index is 0.285. The average molecular weight is 197 g/mol. The van der Waals surface area contributed by atoms with E-state index in [1.54, 1.807) is 13.0 Å². The highest BCUT2D eigenvalue weighted by Gasteiger charge is 2.04. The summed E-state index contributed by atoms with van der Waals surface area (Å²) in [5.41, 5.74) is -0.118. The van der Waals surface area contributed by atoms with E-state index >= 15 is 0 Å². The predicted octanol–water partition coefficient (Wildman–Crippen LogP) is 1.54. The maximum atomic E-state index is 11.2. The molecule has 0 aromatic carbocycles. The van der Waals surface area contributed by atoms with E-state index in [-0.39, 0.29) is 5.89 Å². The van der Waals surface area contributed by atoms with Crippen molar-refractivity contribution in [3.05, 3.63) is 33.6 Å². The molecular formula is C8H5ClN2O2. The van der Waals surface area contributed by atoms with E-state index in [1.165, 1.54) is 6.07 Å². The summed E-state index contributed by atoms with van der Waals surface area (Å²) in [5, 5.41) is 0.653. The molecule has 0 atom stereocenters. The zero-order chi connectivity index (χ0) is 9.42. The van der Waals surface area contributed by atoms with Gasteiger partial charge in [0.15, 0.2) is 11.5 Å². The number of nitrogens with zero attached hydrogens (tertiary/aromatic N) is 2. The molecule has 2 heterocycles. The van der Waals surface area contributed by atoms with Crippen molar-refractivity contribution >= 4 is 22.6 Å². The molecule has 5 heteroatoms. The van der Waals surface area contributed by atoms with Crippen LogP contribution in [0.5, 0.6) is 0 Å². The molecule has 2 aromatic rings. The van der Waals surface area contributed by atoms with Crippen LogP contribution >= 0.6 is 11.6 Å². The minimum atomic E-state index is -0.438. The van der Waals surface area contributed by atoms with Crippen molar-refractivity contribution in [2.45, 2.75) is 6.92 Å². The third-order valence-electron chi connectivity index (χ3n) is 1.56. The summed E-state index contributed by atoms with van der Waals surface area (Å²) in [6.07, 6.45) is 0. The molecular weight excluding hydrogens is 192 g/mol. The summed E-state index contributed by atoms with van der Waals surface area (Å²) < 4.78 is 4.78. The lowest BCUT2D eigenvalue weighted by Crippen LogP contribution is -2.03. The normalized spacial score (nSPS) is 10.6. The molecule has 0 saturated carbocycles. The highest BCUT2D eigenvalue weighted by Crippen LogP contribution is 2.09. The van der Waals surface area contributed by atoms with Gasteiger partial charge in [-0.15, -0.1) is 0 Å². The number of pyridine rings is 1. The number of hydrogen-bond donors (Lipinski definition) is 0. The van der Waals surface area contributed by atoms with Gasteiger partial charge < -0.3 is 4.42 Å². The SMILES string of the molecule is Cc1nc2nc(Cl)ccc2c(=O)o1. The molecule has 0 N–H and O–H groups in total. The van der Waals surface area contributed by atoms with Crippen molar-refractivity contribution in [3.63, 3.8) is 0 Å². The van der Waals surface area contributed by atoms with Gasteiger partial charge in [0.05, 0.1) is 0 Å². The van der Waals surface area contributed by atoms with Crippen LogP contribution in [0, 0.1) is 6.92 Å². The standard InChI is InChI=1S/C8H5ClN2O2/c1-4-10-7-5(8(12)13-4)2-3-6(9)11-7/h2-3H,1H3. The van der Waals surface area contributed by atoms with E-state index in [0.29, 0.717) is 16.2 Å². The smallest absolute Gasteiger partial charge is 0.348 e. The number of halogens is 1. The zero-order valence-electron chi connectivity index (χ0n) is 6.74. The van der Waals surface area contributed by atoms with Gasteiger partial charge in [0.1, 0.15) is 10.5 Å². The number of aryl methyl sites for hydroxylation is 1. The van der Waals surface area contributed by atoms with Crippen molar-refractivity contribution in [1.82, 2.24) is 9.97 Å². The van der Waals surface area contributed by atoms with Crippen LogP contribution < -0.4 is 5.63 Å². The molecule has 66 valence electrons. The maximum Gasteiger partial charge on any atom is 0.348 e. The Balaban J connectivity index is 2.95. The molecule has 0 amide bonds. The quantitative estimate of drug-likeness (QED) is 0.600. The van der Waals surface area contributed by atoms with Gasteiger partial charge in [-0.3, -0.25) is 0 Å². The number of hydrogen-bond acceptors (Lipinski definition) is 4. The van der Waals surface area contributed by atoms with Crippen molar-refractivity contribution in [1.29, 1.82) is 0 Å². The lowest BCUT2D eigenvalue weighted by Gasteiger charge is -1.95. The number of rotatable bonds is 0. The van der Waals surface area contributed by atoms with Gasteiger partial charge in [-0.25, -0.2) is 9.78 Å². The van der Waals surface area contributed by atoms with Crippen LogP contribution in [-0.2, 0) is 0 Å². The van der Waals surface area contributed by atoms with E-state index in [9.17, 15) is 4.79 Å². The predicted molar refractivity (Wildman–Crippen MR) is 47.8 cm³/mol. The third-order valence-corrected chi connectivity index (χ3v) is 1.78. The fraction of sp³-hybridized carbons (Fsp3) is 0.125. The first-order valence-electron chi connectivity index (χ1n) is 3.61. The molecule has 0 saturated heterocycles. The Morgan fingerprint density at radius 1 is 1.38 bits per heavy atom. The Kier molecular flexibility index (Phi) is 1.77. The second-order valence-electron chi connectivity index (χ2n) is 2.53. The Morgan fingerprint density at radius 3 is 2.92 bits per heavy atom. The van der Waals surface area contributed by atoms with Gasteiger partial charge in [0.2, 0.25) is 0 Å². The molecule has 0 bridgehead atoms. The monoisotopic (exact) mass is 196 g/mol. The van der Waals surface area contributed by atoms with Crippen molar-refractivity contribution in [3.8, 4) is 0 Å². The average Bonchev–Trinajstić information content (AvgIpc) is 2.02. The van der Waals surface area contributed by atoms with E-state index in [2.05, 4.69) is 9.97 Å². The summed E-state index contributed by atoms with van der Waals surface area (Å²) in [7, 11) is 0. The lowest BCUT2D eigenvalue weighted by atomic mass is 10.3. The molecule has 0 aliphatic rings. The molecule has 2 aromatic heterocycles. The Morgan fingerprint density at radius 2 is 2.15 bits per heavy atom. The topological polar surface area (TPSA) is 56.0 Å². The summed E-state index contributed by atoms with van der Waals surface area (Å²) >= 11 is 5.64. The Hall–Kier alpha value is -1.42. The summed E-state index contributed by atoms with van der Waals surface area (Å²) in [5.74, 6) is 0.285. The van der Waals surface area contributed by atoms with Crippen LogP contribution in [0.4, 0.5) is 0 Å². The van der Waals surface area contributed by atoms with E-state index in [0.717, 1.165) is 0 Å². The van der Waals surface area contributed by atoms with Crippen LogP contribution in [-0.4, -0.2) is 9.97 Å².